The second-order valence-corrected chi connectivity index (χ2v) is 12.0. The van der Waals surface area contributed by atoms with Gasteiger partial charge >= 0.3 is 5.97 Å². The second kappa shape index (κ2) is 15.0. The van der Waals surface area contributed by atoms with Crippen LogP contribution in [0.2, 0.25) is 0 Å². The van der Waals surface area contributed by atoms with Crippen molar-refractivity contribution >= 4 is 22.9 Å². The number of ether oxygens (including phenoxy) is 1. The first-order valence-corrected chi connectivity index (χ1v) is 16.0. The highest BCUT2D eigenvalue weighted by atomic mass is 16.6. The number of nitrogens with one attached hydrogen (secondary N) is 1. The minimum Gasteiger partial charge on any atom is -0.461 e. The highest BCUT2D eigenvalue weighted by Gasteiger charge is 2.27. The number of nitrogens with zero attached hydrogens (tertiary/aromatic N) is 3. The fourth-order valence-electron chi connectivity index (χ4n) is 6.19. The molecule has 236 valence electrons. The normalized spacial score (nSPS) is 14.6. The lowest BCUT2D eigenvalue weighted by atomic mass is 9.87. The quantitative estimate of drug-likeness (QED) is 0.125. The molecule has 5 aromatic rings. The number of benzene rings is 3. The van der Waals surface area contributed by atoms with E-state index in [0.717, 1.165) is 48.3 Å². The van der Waals surface area contributed by atoms with Crippen molar-refractivity contribution in [3.8, 4) is 0 Å². The molecule has 0 saturated carbocycles. The van der Waals surface area contributed by atoms with E-state index in [-0.39, 0.29) is 17.9 Å². The molecule has 1 unspecified atom stereocenters. The summed E-state index contributed by atoms with van der Waals surface area (Å²) in [5.41, 5.74) is 8.44. The van der Waals surface area contributed by atoms with Gasteiger partial charge in [-0.2, -0.15) is 0 Å². The van der Waals surface area contributed by atoms with Gasteiger partial charge in [-0.15, -0.1) is 0 Å². The van der Waals surface area contributed by atoms with Crippen LogP contribution in [-0.2, 0) is 34.1 Å². The standard InChI is InChI=1S/C38H40N4O4/c1-28(24-36(43)45-26-30-8-4-2-5-9-30)41-21-17-32(18-22-41)34-16-20-39-37-35(34)19-23-42(37)25-29-12-14-33(15-13-29)38(44)40-46-27-31-10-6-3-7-11-31/h2-16,19-20,23,28,32H,17-18,21-22,24-27H2,1H3,(H,40,44). The van der Waals surface area contributed by atoms with Gasteiger partial charge in [-0.1, -0.05) is 72.8 Å². The van der Waals surface area contributed by atoms with E-state index in [0.29, 0.717) is 37.7 Å². The molecule has 8 nitrogen and oxygen atoms in total. The zero-order chi connectivity index (χ0) is 31.7. The number of carbonyl (C=O) groups is 2. The Balaban J connectivity index is 1.00. The van der Waals surface area contributed by atoms with Crippen LogP contribution in [0.25, 0.3) is 11.0 Å². The predicted octanol–water partition coefficient (Wildman–Crippen LogP) is 6.65. The van der Waals surface area contributed by atoms with Crippen molar-refractivity contribution in [2.24, 2.45) is 0 Å². The molecule has 3 aromatic carbocycles. The third-order valence-electron chi connectivity index (χ3n) is 8.81. The zero-order valence-electron chi connectivity index (χ0n) is 26.2. The molecule has 1 saturated heterocycles. The summed E-state index contributed by atoms with van der Waals surface area (Å²) in [4.78, 5) is 37.5. The Morgan fingerprint density at radius 3 is 2.22 bits per heavy atom. The number of piperidine rings is 1. The highest BCUT2D eigenvalue weighted by molar-refractivity contribution is 5.93. The lowest BCUT2D eigenvalue weighted by Gasteiger charge is -2.36. The van der Waals surface area contributed by atoms with Gasteiger partial charge in [0.2, 0.25) is 0 Å². The lowest BCUT2D eigenvalue weighted by molar-refractivity contribution is -0.146. The van der Waals surface area contributed by atoms with Crippen molar-refractivity contribution in [3.05, 3.63) is 137 Å². The molecule has 8 heteroatoms. The Morgan fingerprint density at radius 1 is 0.848 bits per heavy atom. The number of likely N-dealkylation sites (tertiary alicyclic amines) is 1. The van der Waals surface area contributed by atoms with Gasteiger partial charge < -0.3 is 14.2 Å². The van der Waals surface area contributed by atoms with Crippen LogP contribution in [-0.4, -0.2) is 45.5 Å². The van der Waals surface area contributed by atoms with E-state index < -0.39 is 0 Å². The van der Waals surface area contributed by atoms with Crippen LogP contribution in [0.1, 0.15) is 64.7 Å². The van der Waals surface area contributed by atoms with Crippen molar-refractivity contribution in [1.29, 1.82) is 0 Å². The van der Waals surface area contributed by atoms with Gasteiger partial charge in [-0.3, -0.25) is 14.4 Å². The first-order valence-electron chi connectivity index (χ1n) is 16.0. The smallest absolute Gasteiger partial charge is 0.307 e. The first-order chi connectivity index (χ1) is 22.5. The summed E-state index contributed by atoms with van der Waals surface area (Å²) in [6.07, 6.45) is 6.47. The largest absolute Gasteiger partial charge is 0.461 e. The van der Waals surface area contributed by atoms with E-state index in [1.165, 1.54) is 10.9 Å². The molecule has 1 amide bonds. The summed E-state index contributed by atoms with van der Waals surface area (Å²) in [5.74, 6) is 0.0155. The van der Waals surface area contributed by atoms with Crippen LogP contribution in [0, 0.1) is 0 Å². The van der Waals surface area contributed by atoms with E-state index in [1.54, 1.807) is 0 Å². The minimum atomic E-state index is -0.274. The fraction of sp³-hybridized carbons (Fsp3) is 0.289. The Morgan fingerprint density at radius 2 is 1.52 bits per heavy atom. The molecule has 46 heavy (non-hydrogen) atoms. The van der Waals surface area contributed by atoms with E-state index in [2.05, 4.69) is 40.2 Å². The molecule has 1 aliphatic rings. The first kappa shape index (κ1) is 31.2. The van der Waals surface area contributed by atoms with Crippen molar-refractivity contribution in [3.63, 3.8) is 0 Å². The number of pyridine rings is 1. The number of fused-ring (bicyclic) bond motifs is 1. The molecule has 1 atom stereocenters. The van der Waals surface area contributed by atoms with Crippen LogP contribution < -0.4 is 5.48 Å². The average molecular weight is 617 g/mol. The fourth-order valence-corrected chi connectivity index (χ4v) is 6.19. The number of carbonyl (C=O) groups excluding carboxylic acids is 2. The zero-order valence-corrected chi connectivity index (χ0v) is 26.2. The van der Waals surface area contributed by atoms with Gasteiger partial charge in [0.05, 0.1) is 13.0 Å². The van der Waals surface area contributed by atoms with Crippen LogP contribution >= 0.6 is 0 Å². The monoisotopic (exact) mass is 616 g/mol. The maximum atomic E-state index is 12.5. The topological polar surface area (TPSA) is 85.7 Å². The maximum Gasteiger partial charge on any atom is 0.307 e. The number of rotatable bonds is 12. The molecular formula is C38H40N4O4. The van der Waals surface area contributed by atoms with Crippen molar-refractivity contribution in [2.75, 3.05) is 13.1 Å². The Labute approximate surface area is 269 Å². The Kier molecular flexibility index (Phi) is 10.2. The van der Waals surface area contributed by atoms with Crippen LogP contribution in [0.3, 0.4) is 0 Å². The maximum absolute atomic E-state index is 12.5. The molecule has 1 N–H and O–H groups in total. The molecular weight excluding hydrogens is 576 g/mol. The van der Waals surface area contributed by atoms with E-state index >= 15 is 0 Å². The third-order valence-corrected chi connectivity index (χ3v) is 8.81. The van der Waals surface area contributed by atoms with Crippen molar-refractivity contribution in [1.82, 2.24) is 19.9 Å². The van der Waals surface area contributed by atoms with Gasteiger partial charge in [-0.05, 0) is 85.3 Å². The molecule has 1 aliphatic heterocycles. The van der Waals surface area contributed by atoms with Gasteiger partial charge in [0.25, 0.3) is 5.91 Å². The SMILES string of the molecule is CC(CC(=O)OCc1ccccc1)N1CCC(c2ccnc3c2ccn3Cc2ccc(C(=O)NOCc3ccccc3)cc2)CC1. The van der Waals surface area contributed by atoms with Crippen molar-refractivity contribution < 1.29 is 19.2 Å². The molecule has 0 spiro atoms. The summed E-state index contributed by atoms with van der Waals surface area (Å²) in [6, 6.07) is 31.6. The van der Waals surface area contributed by atoms with Crippen LogP contribution in [0.5, 0.6) is 0 Å². The summed E-state index contributed by atoms with van der Waals surface area (Å²) in [6.45, 7) is 5.29. The summed E-state index contributed by atoms with van der Waals surface area (Å²) < 4.78 is 7.68. The second-order valence-electron chi connectivity index (χ2n) is 12.0. The molecule has 0 bridgehead atoms. The van der Waals surface area contributed by atoms with Gasteiger partial charge in [0, 0.05) is 35.9 Å². The third kappa shape index (κ3) is 7.88. The summed E-state index contributed by atoms with van der Waals surface area (Å²) in [5, 5.41) is 1.19. The number of hydrogen-bond donors (Lipinski definition) is 1. The molecule has 1 fully saturated rings. The Bertz CT molecular complexity index is 1730. The van der Waals surface area contributed by atoms with Gasteiger partial charge in [0.15, 0.2) is 0 Å². The van der Waals surface area contributed by atoms with Crippen LogP contribution in [0.15, 0.2) is 109 Å². The van der Waals surface area contributed by atoms with Gasteiger partial charge in [-0.25, -0.2) is 10.5 Å². The number of hydroxylamine groups is 1. The molecule has 0 radical (unpaired) electrons. The lowest BCUT2D eigenvalue weighted by Crippen LogP contribution is -2.40. The van der Waals surface area contributed by atoms with Crippen molar-refractivity contribution in [2.45, 2.75) is 57.9 Å². The average Bonchev–Trinajstić information content (AvgIpc) is 3.51. The molecule has 6 rings (SSSR count). The number of esters is 1. The van der Waals surface area contributed by atoms with E-state index in [4.69, 9.17) is 14.6 Å². The van der Waals surface area contributed by atoms with E-state index in [1.807, 2.05) is 91.1 Å². The number of aromatic nitrogens is 2. The Hall–Kier alpha value is -4.79. The minimum absolute atomic E-state index is 0.141. The molecule has 3 heterocycles. The van der Waals surface area contributed by atoms with Gasteiger partial charge in [0.1, 0.15) is 12.3 Å². The molecule has 0 aliphatic carbocycles. The number of amides is 1. The predicted molar refractivity (Wildman–Crippen MR) is 178 cm³/mol. The summed E-state index contributed by atoms with van der Waals surface area (Å²) in [7, 11) is 0. The summed E-state index contributed by atoms with van der Waals surface area (Å²) >= 11 is 0. The van der Waals surface area contributed by atoms with Crippen LogP contribution in [0.4, 0.5) is 0 Å². The highest BCUT2D eigenvalue weighted by Crippen LogP contribution is 2.34. The number of hydrogen-bond acceptors (Lipinski definition) is 6. The van der Waals surface area contributed by atoms with E-state index in [9.17, 15) is 9.59 Å². The molecule has 2 aromatic heterocycles.